The Kier molecular flexibility index (Phi) is 5.05. The van der Waals surface area contributed by atoms with E-state index in [9.17, 15) is 4.79 Å². The summed E-state index contributed by atoms with van der Waals surface area (Å²) in [4.78, 5) is 23.2. The second kappa shape index (κ2) is 8.46. The Hall–Kier alpha value is -4.15. The summed E-state index contributed by atoms with van der Waals surface area (Å²) in [5, 5.41) is 3.08. The van der Waals surface area contributed by atoms with Gasteiger partial charge in [0.25, 0.3) is 5.91 Å². The van der Waals surface area contributed by atoms with Gasteiger partial charge in [0.2, 0.25) is 0 Å². The summed E-state index contributed by atoms with van der Waals surface area (Å²) < 4.78 is 0. The molecule has 2 aliphatic heterocycles. The van der Waals surface area contributed by atoms with Crippen molar-refractivity contribution >= 4 is 33.6 Å². The van der Waals surface area contributed by atoms with Gasteiger partial charge in [-0.05, 0) is 40.5 Å². The van der Waals surface area contributed by atoms with E-state index in [1.54, 1.807) is 11.8 Å². The Bertz CT molecular complexity index is 1640. The van der Waals surface area contributed by atoms with E-state index in [0.717, 1.165) is 32.3 Å². The standard InChI is InChI=1S/C33H24N2OS/c1-22-16-18-24(19-17-22)30-29-27-15-9-8-10-23(27)20-21-28(29)37-32-34-33(31(36)35(30)32,25-11-4-2-5-12-25)26-13-6-3-7-14-26/h2-21,30H,1H3. The minimum absolute atomic E-state index is 0.0171. The molecule has 37 heavy (non-hydrogen) atoms. The first kappa shape index (κ1) is 22.1. The Labute approximate surface area is 220 Å². The summed E-state index contributed by atoms with van der Waals surface area (Å²) in [6, 6.07) is 41.0. The number of amidine groups is 1. The maximum absolute atomic E-state index is 14.9. The second-order valence-electron chi connectivity index (χ2n) is 9.63. The topological polar surface area (TPSA) is 32.7 Å². The number of thioether (sulfide) groups is 1. The first-order chi connectivity index (χ1) is 18.2. The van der Waals surface area contributed by atoms with E-state index in [2.05, 4.69) is 67.6 Å². The molecule has 5 aromatic carbocycles. The van der Waals surface area contributed by atoms with Gasteiger partial charge in [-0.2, -0.15) is 0 Å². The fourth-order valence-electron chi connectivity index (χ4n) is 5.65. The third-order valence-corrected chi connectivity index (χ3v) is 8.48. The van der Waals surface area contributed by atoms with Crippen LogP contribution in [0.4, 0.5) is 0 Å². The van der Waals surface area contributed by atoms with E-state index in [1.165, 1.54) is 16.3 Å². The van der Waals surface area contributed by atoms with Gasteiger partial charge in [-0.1, -0.05) is 133 Å². The minimum atomic E-state index is -1.13. The van der Waals surface area contributed by atoms with Gasteiger partial charge in [-0.3, -0.25) is 9.69 Å². The van der Waals surface area contributed by atoms with Crippen LogP contribution in [0.3, 0.4) is 0 Å². The quantitative estimate of drug-likeness (QED) is 0.259. The maximum atomic E-state index is 14.9. The van der Waals surface area contributed by atoms with Gasteiger partial charge in [0, 0.05) is 10.5 Å². The van der Waals surface area contributed by atoms with Crippen LogP contribution >= 0.6 is 11.8 Å². The third-order valence-electron chi connectivity index (χ3n) is 7.44. The highest BCUT2D eigenvalue weighted by molar-refractivity contribution is 8.14. The molecule has 1 amide bonds. The molecule has 4 heteroatoms. The fraction of sp³-hybridized carbons (Fsp3) is 0.0909. The van der Waals surface area contributed by atoms with Crippen molar-refractivity contribution < 1.29 is 4.79 Å². The second-order valence-corrected chi connectivity index (χ2v) is 10.6. The number of fused-ring (bicyclic) bond motifs is 4. The molecule has 3 nitrogen and oxygen atoms in total. The SMILES string of the molecule is Cc1ccc(C2c3c(ccc4ccccc34)SC3=NC(c4ccccc4)(c4ccccc4)C(=O)N32)cc1. The molecule has 0 aromatic heterocycles. The van der Waals surface area contributed by atoms with Gasteiger partial charge in [-0.15, -0.1) is 0 Å². The van der Waals surface area contributed by atoms with Crippen LogP contribution < -0.4 is 0 Å². The normalized spacial score (nSPS) is 17.9. The number of nitrogens with zero attached hydrogens (tertiary/aromatic N) is 2. The van der Waals surface area contributed by atoms with E-state index < -0.39 is 5.54 Å². The van der Waals surface area contributed by atoms with Crippen molar-refractivity contribution in [1.82, 2.24) is 4.90 Å². The zero-order chi connectivity index (χ0) is 25.0. The summed E-state index contributed by atoms with van der Waals surface area (Å²) in [5.41, 5.74) is 4.07. The van der Waals surface area contributed by atoms with E-state index in [0.29, 0.717) is 0 Å². The van der Waals surface area contributed by atoms with Crippen LogP contribution in [0.5, 0.6) is 0 Å². The lowest BCUT2D eigenvalue weighted by molar-refractivity contribution is -0.131. The lowest BCUT2D eigenvalue weighted by atomic mass is 9.82. The molecule has 0 radical (unpaired) electrons. The van der Waals surface area contributed by atoms with Crippen molar-refractivity contribution in [2.45, 2.75) is 23.4 Å². The zero-order valence-corrected chi connectivity index (χ0v) is 21.2. The summed E-state index contributed by atoms with van der Waals surface area (Å²) in [5.74, 6) is -0.0171. The molecule has 1 unspecified atom stereocenters. The van der Waals surface area contributed by atoms with Crippen molar-refractivity contribution in [3.63, 3.8) is 0 Å². The van der Waals surface area contributed by atoms with E-state index >= 15 is 0 Å². The average molecular weight is 497 g/mol. The lowest BCUT2D eigenvalue weighted by Crippen LogP contribution is -2.44. The number of carbonyl (C=O) groups is 1. The Balaban J connectivity index is 1.51. The monoisotopic (exact) mass is 496 g/mol. The molecule has 1 atom stereocenters. The van der Waals surface area contributed by atoms with Gasteiger partial charge >= 0.3 is 0 Å². The van der Waals surface area contributed by atoms with E-state index in [-0.39, 0.29) is 11.9 Å². The smallest absolute Gasteiger partial charge is 0.266 e. The van der Waals surface area contributed by atoms with Crippen LogP contribution in [-0.2, 0) is 10.3 Å². The third kappa shape index (κ3) is 3.29. The van der Waals surface area contributed by atoms with Crippen LogP contribution in [0, 0.1) is 6.92 Å². The molecular formula is C33H24N2OS. The number of amides is 1. The molecule has 0 fully saturated rings. The summed E-state index contributed by atoms with van der Waals surface area (Å²) in [7, 11) is 0. The molecule has 0 bridgehead atoms. The maximum Gasteiger partial charge on any atom is 0.266 e. The van der Waals surface area contributed by atoms with Crippen molar-refractivity contribution in [3.05, 3.63) is 149 Å². The van der Waals surface area contributed by atoms with Crippen molar-refractivity contribution in [1.29, 1.82) is 0 Å². The molecule has 5 aromatic rings. The van der Waals surface area contributed by atoms with Crippen molar-refractivity contribution in [2.24, 2.45) is 4.99 Å². The molecule has 0 spiro atoms. The molecular weight excluding hydrogens is 472 g/mol. The number of hydrogen-bond acceptors (Lipinski definition) is 3. The molecule has 0 saturated carbocycles. The first-order valence-electron chi connectivity index (χ1n) is 12.5. The highest BCUT2D eigenvalue weighted by atomic mass is 32.2. The number of aryl methyl sites for hydroxylation is 1. The largest absolute Gasteiger partial charge is 0.277 e. The number of rotatable bonds is 3. The predicted octanol–water partition coefficient (Wildman–Crippen LogP) is 7.49. The minimum Gasteiger partial charge on any atom is -0.277 e. The molecule has 0 saturated heterocycles. The Morgan fingerprint density at radius 3 is 2.03 bits per heavy atom. The van der Waals surface area contributed by atoms with Crippen molar-refractivity contribution in [3.8, 4) is 0 Å². The van der Waals surface area contributed by atoms with Gasteiger partial charge in [0.05, 0.1) is 6.04 Å². The van der Waals surface area contributed by atoms with Crippen molar-refractivity contribution in [2.75, 3.05) is 0 Å². The lowest BCUT2D eigenvalue weighted by Gasteiger charge is -2.37. The molecule has 0 N–H and O–H groups in total. The fourth-order valence-corrected chi connectivity index (χ4v) is 6.78. The highest BCUT2D eigenvalue weighted by Crippen LogP contribution is 2.52. The van der Waals surface area contributed by atoms with Gasteiger partial charge in [0.15, 0.2) is 10.7 Å². The zero-order valence-electron chi connectivity index (χ0n) is 20.3. The number of benzene rings is 5. The summed E-state index contributed by atoms with van der Waals surface area (Å²) in [6.45, 7) is 2.09. The molecule has 7 rings (SSSR count). The van der Waals surface area contributed by atoms with Crippen LogP contribution in [-0.4, -0.2) is 16.0 Å². The first-order valence-corrected chi connectivity index (χ1v) is 13.3. The molecule has 0 aliphatic carbocycles. The van der Waals surface area contributed by atoms with E-state index in [1.807, 2.05) is 65.6 Å². The predicted molar refractivity (Wildman–Crippen MR) is 151 cm³/mol. The number of aliphatic imine (C=N–C) groups is 1. The van der Waals surface area contributed by atoms with Crippen LogP contribution in [0.15, 0.2) is 131 Å². The highest BCUT2D eigenvalue weighted by Gasteiger charge is 2.55. The molecule has 178 valence electrons. The Morgan fingerprint density at radius 1 is 0.730 bits per heavy atom. The van der Waals surface area contributed by atoms with Gasteiger partial charge in [0.1, 0.15) is 0 Å². The van der Waals surface area contributed by atoms with Crippen LogP contribution in [0.2, 0.25) is 0 Å². The van der Waals surface area contributed by atoms with Gasteiger partial charge < -0.3 is 0 Å². The number of carbonyl (C=O) groups excluding carboxylic acids is 1. The van der Waals surface area contributed by atoms with Crippen LogP contribution in [0.25, 0.3) is 10.8 Å². The number of hydrogen-bond donors (Lipinski definition) is 0. The molecule has 2 heterocycles. The summed E-state index contributed by atoms with van der Waals surface area (Å²) >= 11 is 1.59. The average Bonchev–Trinajstić information content (AvgIpc) is 3.26. The van der Waals surface area contributed by atoms with Crippen LogP contribution in [0.1, 0.15) is 33.9 Å². The Morgan fingerprint density at radius 2 is 1.35 bits per heavy atom. The molecule has 2 aliphatic rings. The summed E-state index contributed by atoms with van der Waals surface area (Å²) in [6.07, 6.45) is 0. The van der Waals surface area contributed by atoms with Gasteiger partial charge in [-0.25, -0.2) is 4.99 Å². The van der Waals surface area contributed by atoms with E-state index in [4.69, 9.17) is 4.99 Å².